The van der Waals surface area contributed by atoms with Crippen LogP contribution in [0.1, 0.15) is 43.6 Å². The third-order valence-electron chi connectivity index (χ3n) is 5.95. The SMILES string of the molecule is CCOc1cc(OCC)cc(C(=O)Nc2cc3nn(-c4ccc(N(CC)CC)cc4)nc3cc2C)c1. The molecule has 0 saturated heterocycles. The first-order chi connectivity index (χ1) is 17.4. The fourth-order valence-electron chi connectivity index (χ4n) is 4.10. The second-order valence-corrected chi connectivity index (χ2v) is 8.35. The summed E-state index contributed by atoms with van der Waals surface area (Å²) >= 11 is 0. The molecular weight excluding hydrogens is 454 g/mol. The second-order valence-electron chi connectivity index (χ2n) is 8.35. The molecule has 0 bridgehead atoms. The molecule has 0 spiro atoms. The summed E-state index contributed by atoms with van der Waals surface area (Å²) in [6, 6.07) is 17.2. The van der Waals surface area contributed by atoms with Gasteiger partial charge in [-0.15, -0.1) is 10.2 Å². The molecule has 4 aromatic rings. The van der Waals surface area contributed by atoms with Crippen molar-refractivity contribution in [3.05, 3.63) is 65.7 Å². The fourth-order valence-corrected chi connectivity index (χ4v) is 4.10. The number of hydrogen-bond donors (Lipinski definition) is 1. The lowest BCUT2D eigenvalue weighted by atomic mass is 10.1. The molecule has 0 fully saturated rings. The zero-order valence-corrected chi connectivity index (χ0v) is 21.5. The molecule has 0 atom stereocenters. The van der Waals surface area contributed by atoms with E-state index in [0.717, 1.165) is 29.9 Å². The molecule has 0 aliphatic rings. The molecule has 3 aromatic carbocycles. The van der Waals surface area contributed by atoms with Crippen LogP contribution in [0.25, 0.3) is 16.7 Å². The van der Waals surface area contributed by atoms with Crippen molar-refractivity contribution in [2.24, 2.45) is 0 Å². The van der Waals surface area contributed by atoms with Gasteiger partial charge in [-0.2, -0.15) is 4.80 Å². The van der Waals surface area contributed by atoms with Crippen molar-refractivity contribution >= 4 is 28.3 Å². The molecule has 8 nitrogen and oxygen atoms in total. The van der Waals surface area contributed by atoms with Crippen LogP contribution in [-0.2, 0) is 0 Å². The normalized spacial score (nSPS) is 10.9. The van der Waals surface area contributed by atoms with E-state index in [9.17, 15) is 4.79 Å². The number of nitrogens with zero attached hydrogens (tertiary/aromatic N) is 4. The van der Waals surface area contributed by atoms with Crippen LogP contribution < -0.4 is 19.7 Å². The maximum absolute atomic E-state index is 13.1. The summed E-state index contributed by atoms with van der Waals surface area (Å²) < 4.78 is 11.2. The number of carbonyl (C=O) groups excluding carboxylic acids is 1. The summed E-state index contributed by atoms with van der Waals surface area (Å²) in [6.07, 6.45) is 0. The van der Waals surface area contributed by atoms with E-state index in [2.05, 4.69) is 46.4 Å². The molecule has 1 aromatic heterocycles. The van der Waals surface area contributed by atoms with Gasteiger partial charge in [-0.05, 0) is 88.7 Å². The highest BCUT2D eigenvalue weighted by Crippen LogP contribution is 2.26. The molecule has 0 radical (unpaired) electrons. The standard InChI is InChI=1S/C28H33N5O3/c1-6-32(7-2)21-10-12-22(13-11-21)33-30-26-14-19(5)25(18-27(26)31-33)29-28(34)20-15-23(35-8-3)17-24(16-20)36-9-4/h10-18H,6-9H2,1-5H3,(H,29,34). The molecular formula is C28H33N5O3. The van der Waals surface area contributed by atoms with Crippen molar-refractivity contribution in [1.82, 2.24) is 15.0 Å². The van der Waals surface area contributed by atoms with Gasteiger partial charge >= 0.3 is 0 Å². The third-order valence-corrected chi connectivity index (χ3v) is 5.95. The van der Waals surface area contributed by atoms with Crippen molar-refractivity contribution in [2.45, 2.75) is 34.6 Å². The molecule has 8 heteroatoms. The molecule has 1 heterocycles. The predicted octanol–water partition coefficient (Wildman–Crippen LogP) is 5.62. The van der Waals surface area contributed by atoms with Gasteiger partial charge in [0.25, 0.3) is 5.91 Å². The van der Waals surface area contributed by atoms with Gasteiger partial charge in [-0.3, -0.25) is 4.79 Å². The van der Waals surface area contributed by atoms with Crippen molar-refractivity contribution in [3.63, 3.8) is 0 Å². The van der Waals surface area contributed by atoms with Crippen molar-refractivity contribution < 1.29 is 14.3 Å². The Morgan fingerprint density at radius 3 is 2.00 bits per heavy atom. The number of aromatic nitrogens is 3. The van der Waals surface area contributed by atoms with Gasteiger partial charge in [-0.25, -0.2) is 0 Å². The summed E-state index contributed by atoms with van der Waals surface area (Å²) in [7, 11) is 0. The van der Waals surface area contributed by atoms with Gasteiger partial charge in [-0.1, -0.05) is 0 Å². The lowest BCUT2D eigenvalue weighted by Crippen LogP contribution is -2.21. The summed E-state index contributed by atoms with van der Waals surface area (Å²) in [4.78, 5) is 17.0. The number of carbonyl (C=O) groups is 1. The van der Waals surface area contributed by atoms with E-state index >= 15 is 0 Å². The summed E-state index contributed by atoms with van der Waals surface area (Å²) in [6.45, 7) is 12.9. The van der Waals surface area contributed by atoms with Gasteiger partial charge in [0, 0.05) is 36.1 Å². The van der Waals surface area contributed by atoms with Gasteiger partial charge in [0.05, 0.1) is 18.9 Å². The van der Waals surface area contributed by atoms with Crippen LogP contribution in [0.15, 0.2) is 54.6 Å². The third kappa shape index (κ3) is 5.43. The number of rotatable bonds is 10. The molecule has 0 saturated carbocycles. The highest BCUT2D eigenvalue weighted by molar-refractivity contribution is 6.06. The van der Waals surface area contributed by atoms with Crippen molar-refractivity contribution in [2.75, 3.05) is 36.5 Å². The van der Waals surface area contributed by atoms with Crippen molar-refractivity contribution in [1.29, 1.82) is 0 Å². The number of ether oxygens (including phenoxy) is 2. The maximum Gasteiger partial charge on any atom is 0.255 e. The maximum atomic E-state index is 13.1. The summed E-state index contributed by atoms with van der Waals surface area (Å²) in [5.41, 5.74) is 5.53. The first-order valence-corrected chi connectivity index (χ1v) is 12.4. The van der Waals surface area contributed by atoms with Gasteiger partial charge in [0.15, 0.2) is 0 Å². The van der Waals surface area contributed by atoms with E-state index in [1.807, 2.05) is 45.0 Å². The van der Waals surface area contributed by atoms with Crippen LogP contribution in [0.4, 0.5) is 11.4 Å². The van der Waals surface area contributed by atoms with Crippen LogP contribution in [-0.4, -0.2) is 47.2 Å². The molecule has 0 aliphatic carbocycles. The zero-order chi connectivity index (χ0) is 25.7. The Kier molecular flexibility index (Phi) is 7.73. The first-order valence-electron chi connectivity index (χ1n) is 12.4. The Labute approximate surface area is 211 Å². The van der Waals surface area contributed by atoms with Crippen LogP contribution in [0.2, 0.25) is 0 Å². The Morgan fingerprint density at radius 2 is 1.44 bits per heavy atom. The van der Waals surface area contributed by atoms with Crippen molar-refractivity contribution in [3.8, 4) is 17.2 Å². The highest BCUT2D eigenvalue weighted by atomic mass is 16.5. The van der Waals surface area contributed by atoms with Gasteiger partial charge in [0.2, 0.25) is 0 Å². The fraction of sp³-hybridized carbons (Fsp3) is 0.321. The van der Waals surface area contributed by atoms with Crippen LogP contribution in [0.3, 0.4) is 0 Å². The predicted molar refractivity (Wildman–Crippen MR) is 144 cm³/mol. The average Bonchev–Trinajstić information content (AvgIpc) is 3.28. The molecule has 1 amide bonds. The molecule has 0 aliphatic heterocycles. The van der Waals surface area contributed by atoms with Gasteiger partial charge < -0.3 is 19.7 Å². The monoisotopic (exact) mass is 487 g/mol. The topological polar surface area (TPSA) is 81.5 Å². The number of amides is 1. The zero-order valence-electron chi connectivity index (χ0n) is 21.5. The quantitative estimate of drug-likeness (QED) is 0.312. The smallest absolute Gasteiger partial charge is 0.255 e. The van der Waals surface area contributed by atoms with E-state index in [4.69, 9.17) is 9.47 Å². The molecule has 4 rings (SSSR count). The van der Waals surface area contributed by atoms with Crippen LogP contribution in [0, 0.1) is 6.92 Å². The lowest BCUT2D eigenvalue weighted by Gasteiger charge is -2.20. The number of aryl methyl sites for hydroxylation is 1. The number of anilines is 2. The largest absolute Gasteiger partial charge is 0.494 e. The van der Waals surface area contributed by atoms with E-state index in [1.54, 1.807) is 23.0 Å². The lowest BCUT2D eigenvalue weighted by molar-refractivity contribution is 0.102. The molecule has 188 valence electrons. The van der Waals surface area contributed by atoms with E-state index in [-0.39, 0.29) is 5.91 Å². The molecule has 0 unspecified atom stereocenters. The van der Waals surface area contributed by atoms with E-state index in [1.165, 1.54) is 5.69 Å². The van der Waals surface area contributed by atoms with Crippen LogP contribution in [0.5, 0.6) is 11.5 Å². The number of benzene rings is 3. The number of hydrogen-bond acceptors (Lipinski definition) is 6. The van der Waals surface area contributed by atoms with E-state index < -0.39 is 0 Å². The van der Waals surface area contributed by atoms with Crippen LogP contribution >= 0.6 is 0 Å². The number of fused-ring (bicyclic) bond motifs is 1. The van der Waals surface area contributed by atoms with E-state index in [0.29, 0.717) is 41.5 Å². The molecule has 1 N–H and O–H groups in total. The minimum absolute atomic E-state index is 0.251. The Bertz CT molecular complexity index is 1320. The number of nitrogens with one attached hydrogen (secondary N) is 1. The Hall–Kier alpha value is -4.07. The Morgan fingerprint density at radius 1 is 0.861 bits per heavy atom. The molecule has 36 heavy (non-hydrogen) atoms. The summed E-state index contributed by atoms with van der Waals surface area (Å²) in [5, 5.41) is 12.3. The highest BCUT2D eigenvalue weighted by Gasteiger charge is 2.14. The average molecular weight is 488 g/mol. The minimum atomic E-state index is -0.251. The summed E-state index contributed by atoms with van der Waals surface area (Å²) in [5.74, 6) is 0.936. The first kappa shape index (κ1) is 25.0. The Balaban J connectivity index is 1.59. The second kappa shape index (κ2) is 11.1. The van der Waals surface area contributed by atoms with Gasteiger partial charge in [0.1, 0.15) is 22.5 Å². The minimum Gasteiger partial charge on any atom is -0.494 e.